The molecule has 2 atom stereocenters. The highest BCUT2D eigenvalue weighted by Gasteiger charge is 2.33. The van der Waals surface area contributed by atoms with Crippen LogP contribution >= 0.6 is 0 Å². The van der Waals surface area contributed by atoms with Crippen LogP contribution in [0.25, 0.3) is 0 Å². The van der Waals surface area contributed by atoms with E-state index in [-0.39, 0.29) is 11.3 Å². The number of carbonyl (C=O) groups excluding carboxylic acids is 2. The van der Waals surface area contributed by atoms with Gasteiger partial charge in [-0.3, -0.25) is 0 Å². The lowest BCUT2D eigenvalue weighted by atomic mass is 9.89. The quantitative estimate of drug-likeness (QED) is 0.460. The van der Waals surface area contributed by atoms with Gasteiger partial charge in [0, 0.05) is 24.1 Å². The Bertz CT molecular complexity index is 796. The Labute approximate surface area is 141 Å². The maximum atomic E-state index is 14.3. The maximum Gasteiger partial charge on any atom is 0.335 e. The second-order valence-corrected chi connectivity index (χ2v) is 4.93. The number of benzene rings is 1. The SMILES string of the molecule is C=CC(=O)OC1=C(F)C(F)C(c2ccc(OC(=O)C=C)cc2F)C=C1. The van der Waals surface area contributed by atoms with E-state index in [1.54, 1.807) is 0 Å². The Balaban J connectivity index is 2.25. The largest absolute Gasteiger partial charge is 0.423 e. The van der Waals surface area contributed by atoms with Gasteiger partial charge in [-0.1, -0.05) is 25.3 Å². The monoisotopic (exact) mass is 350 g/mol. The Hall–Kier alpha value is -3.09. The maximum absolute atomic E-state index is 14.3. The molecule has 0 heterocycles. The topological polar surface area (TPSA) is 52.6 Å². The third-order valence-electron chi connectivity index (χ3n) is 3.34. The third-order valence-corrected chi connectivity index (χ3v) is 3.34. The molecule has 0 fully saturated rings. The first-order valence-corrected chi connectivity index (χ1v) is 7.07. The summed E-state index contributed by atoms with van der Waals surface area (Å²) in [5, 5.41) is 0. The number of allylic oxidation sites excluding steroid dienone is 3. The third kappa shape index (κ3) is 4.06. The highest BCUT2D eigenvalue weighted by molar-refractivity contribution is 5.83. The minimum atomic E-state index is -2.24. The van der Waals surface area contributed by atoms with Crippen LogP contribution in [0.5, 0.6) is 5.75 Å². The average molecular weight is 350 g/mol. The first kappa shape index (κ1) is 18.3. The van der Waals surface area contributed by atoms with E-state index in [1.807, 2.05) is 0 Å². The molecule has 0 saturated heterocycles. The molecule has 2 rings (SSSR count). The molecule has 0 bridgehead atoms. The van der Waals surface area contributed by atoms with E-state index in [4.69, 9.17) is 4.74 Å². The van der Waals surface area contributed by atoms with Crippen LogP contribution in [0, 0.1) is 5.82 Å². The fraction of sp³-hybridized carbons (Fsp3) is 0.111. The van der Waals surface area contributed by atoms with Gasteiger partial charge in [0.25, 0.3) is 0 Å². The first-order valence-electron chi connectivity index (χ1n) is 7.07. The van der Waals surface area contributed by atoms with Gasteiger partial charge in [-0.15, -0.1) is 0 Å². The van der Waals surface area contributed by atoms with Crippen molar-refractivity contribution in [2.24, 2.45) is 0 Å². The highest BCUT2D eigenvalue weighted by atomic mass is 19.2. The van der Waals surface area contributed by atoms with Gasteiger partial charge in [0.05, 0.1) is 0 Å². The fourth-order valence-electron chi connectivity index (χ4n) is 2.16. The van der Waals surface area contributed by atoms with Crippen molar-refractivity contribution in [3.63, 3.8) is 0 Å². The smallest absolute Gasteiger partial charge is 0.335 e. The van der Waals surface area contributed by atoms with Crippen LogP contribution in [0.1, 0.15) is 11.5 Å². The number of alkyl halides is 1. The van der Waals surface area contributed by atoms with E-state index < -0.39 is 41.4 Å². The molecule has 0 amide bonds. The van der Waals surface area contributed by atoms with Crippen molar-refractivity contribution in [1.29, 1.82) is 0 Å². The van der Waals surface area contributed by atoms with Crippen LogP contribution in [-0.4, -0.2) is 18.1 Å². The van der Waals surface area contributed by atoms with E-state index in [9.17, 15) is 22.8 Å². The zero-order chi connectivity index (χ0) is 18.6. The minimum absolute atomic E-state index is 0.0991. The van der Waals surface area contributed by atoms with Crippen molar-refractivity contribution in [2.45, 2.75) is 12.1 Å². The molecular weight excluding hydrogens is 337 g/mol. The molecule has 2 unspecified atom stereocenters. The van der Waals surface area contributed by atoms with Gasteiger partial charge in [0.2, 0.25) is 0 Å². The minimum Gasteiger partial charge on any atom is -0.423 e. The Morgan fingerprint density at radius 2 is 1.72 bits per heavy atom. The van der Waals surface area contributed by atoms with Crippen molar-refractivity contribution in [1.82, 2.24) is 0 Å². The van der Waals surface area contributed by atoms with E-state index in [0.29, 0.717) is 0 Å². The van der Waals surface area contributed by atoms with Crippen molar-refractivity contribution in [3.05, 3.63) is 78.6 Å². The second kappa shape index (κ2) is 7.65. The Morgan fingerprint density at radius 3 is 2.32 bits per heavy atom. The van der Waals surface area contributed by atoms with Gasteiger partial charge < -0.3 is 9.47 Å². The lowest BCUT2D eigenvalue weighted by Gasteiger charge is -2.22. The van der Waals surface area contributed by atoms with Gasteiger partial charge in [-0.2, -0.15) is 0 Å². The Morgan fingerprint density at radius 1 is 1.08 bits per heavy atom. The predicted octanol–water partition coefficient (Wildman–Crippen LogP) is 3.82. The average Bonchev–Trinajstić information content (AvgIpc) is 2.59. The molecule has 0 spiro atoms. The number of carbonyl (C=O) groups is 2. The van der Waals surface area contributed by atoms with E-state index in [0.717, 1.165) is 24.3 Å². The highest BCUT2D eigenvalue weighted by Crippen LogP contribution is 2.37. The molecule has 0 saturated carbocycles. The number of esters is 2. The van der Waals surface area contributed by atoms with Crippen molar-refractivity contribution in [3.8, 4) is 5.75 Å². The predicted molar refractivity (Wildman–Crippen MR) is 83.4 cm³/mol. The molecule has 7 heteroatoms. The molecular formula is C18H13F3O4. The number of hydrogen-bond donors (Lipinski definition) is 0. The zero-order valence-corrected chi connectivity index (χ0v) is 12.9. The van der Waals surface area contributed by atoms with Gasteiger partial charge >= 0.3 is 11.9 Å². The molecule has 130 valence electrons. The summed E-state index contributed by atoms with van der Waals surface area (Å²) in [6.07, 6.45) is 1.68. The van der Waals surface area contributed by atoms with Crippen molar-refractivity contribution >= 4 is 11.9 Å². The van der Waals surface area contributed by atoms with Gasteiger partial charge in [0.15, 0.2) is 17.8 Å². The summed E-state index contributed by atoms with van der Waals surface area (Å²) in [5.74, 6) is -5.90. The summed E-state index contributed by atoms with van der Waals surface area (Å²) >= 11 is 0. The van der Waals surface area contributed by atoms with Gasteiger partial charge in [0.1, 0.15) is 11.6 Å². The standard InChI is InChI=1S/C18H13F3O4/c1-3-15(22)24-10-5-6-11(13(19)9-10)12-7-8-14(18(21)17(12)20)25-16(23)4-2/h3-9,12,17H,1-2H2. The van der Waals surface area contributed by atoms with Crippen molar-refractivity contribution < 1.29 is 32.2 Å². The van der Waals surface area contributed by atoms with Crippen LogP contribution < -0.4 is 4.74 Å². The zero-order valence-electron chi connectivity index (χ0n) is 12.9. The van der Waals surface area contributed by atoms with Crippen LogP contribution in [-0.2, 0) is 14.3 Å². The molecule has 1 aromatic carbocycles. The van der Waals surface area contributed by atoms with E-state index in [1.165, 1.54) is 18.2 Å². The van der Waals surface area contributed by atoms with Crippen LogP contribution in [0.4, 0.5) is 13.2 Å². The molecule has 25 heavy (non-hydrogen) atoms. The van der Waals surface area contributed by atoms with Gasteiger partial charge in [-0.05, 0) is 17.7 Å². The lowest BCUT2D eigenvalue weighted by Crippen LogP contribution is -2.20. The number of halogens is 3. The summed E-state index contributed by atoms with van der Waals surface area (Å²) < 4.78 is 51.9. The molecule has 0 N–H and O–H groups in total. The summed E-state index contributed by atoms with van der Waals surface area (Å²) in [6, 6.07) is 3.30. The number of ether oxygens (including phenoxy) is 2. The summed E-state index contributed by atoms with van der Waals surface area (Å²) in [4.78, 5) is 22.2. The van der Waals surface area contributed by atoms with Crippen LogP contribution in [0.2, 0.25) is 0 Å². The Kier molecular flexibility index (Phi) is 5.59. The first-order chi connectivity index (χ1) is 11.9. The number of rotatable bonds is 5. The van der Waals surface area contributed by atoms with Crippen molar-refractivity contribution in [2.75, 3.05) is 0 Å². The normalized spacial score (nSPS) is 19.3. The fourth-order valence-corrected chi connectivity index (χ4v) is 2.16. The van der Waals surface area contributed by atoms with E-state index in [2.05, 4.69) is 17.9 Å². The van der Waals surface area contributed by atoms with Crippen LogP contribution in [0.15, 0.2) is 67.2 Å². The summed E-state index contributed by atoms with van der Waals surface area (Å²) in [5.41, 5.74) is -0.147. The van der Waals surface area contributed by atoms with Gasteiger partial charge in [-0.25, -0.2) is 22.8 Å². The van der Waals surface area contributed by atoms with Crippen LogP contribution in [0.3, 0.4) is 0 Å². The molecule has 4 nitrogen and oxygen atoms in total. The summed E-state index contributed by atoms with van der Waals surface area (Å²) in [7, 11) is 0. The summed E-state index contributed by atoms with van der Waals surface area (Å²) in [6.45, 7) is 6.36. The molecule has 1 aliphatic rings. The molecule has 1 aromatic rings. The second-order valence-electron chi connectivity index (χ2n) is 4.93. The molecule has 1 aliphatic carbocycles. The number of hydrogen-bond acceptors (Lipinski definition) is 4. The lowest BCUT2D eigenvalue weighted by molar-refractivity contribution is -0.133. The van der Waals surface area contributed by atoms with E-state index >= 15 is 0 Å². The molecule has 0 aliphatic heterocycles. The molecule has 0 radical (unpaired) electrons. The molecule has 0 aromatic heterocycles.